The highest BCUT2D eigenvalue weighted by atomic mass is 16.5. The van der Waals surface area contributed by atoms with E-state index < -0.39 is 24.5 Å². The molecule has 2 aromatic heterocycles. The van der Waals surface area contributed by atoms with Crippen LogP contribution < -0.4 is 20.8 Å². The van der Waals surface area contributed by atoms with E-state index in [4.69, 9.17) is 9.15 Å². The second kappa shape index (κ2) is 8.83. The van der Waals surface area contributed by atoms with Crippen LogP contribution >= 0.6 is 0 Å². The molecule has 9 heteroatoms. The second-order valence-electron chi connectivity index (χ2n) is 8.81. The second-order valence-corrected chi connectivity index (χ2v) is 8.81. The first-order chi connectivity index (χ1) is 16.8. The van der Waals surface area contributed by atoms with Gasteiger partial charge in [-0.05, 0) is 73.2 Å². The Bertz CT molecular complexity index is 1530. The zero-order chi connectivity index (χ0) is 24.7. The van der Waals surface area contributed by atoms with Crippen LogP contribution in [0.2, 0.25) is 0 Å². The molecule has 4 aromatic rings. The van der Waals surface area contributed by atoms with Crippen molar-refractivity contribution in [3.8, 4) is 11.5 Å². The van der Waals surface area contributed by atoms with E-state index in [9.17, 15) is 24.6 Å². The number of carbonyl (C=O) groups is 2. The number of hydrogen-bond donors (Lipinski definition) is 3. The van der Waals surface area contributed by atoms with Crippen molar-refractivity contribution >= 4 is 33.7 Å². The average molecular weight is 475 g/mol. The van der Waals surface area contributed by atoms with Gasteiger partial charge in [-0.3, -0.25) is 4.79 Å². The first-order valence-corrected chi connectivity index (χ1v) is 11.3. The lowest BCUT2D eigenvalue weighted by Gasteiger charge is -2.20. The van der Waals surface area contributed by atoms with Crippen LogP contribution in [0.4, 0.5) is 0 Å². The summed E-state index contributed by atoms with van der Waals surface area (Å²) in [5, 5.41) is 25.3. The van der Waals surface area contributed by atoms with Crippen LogP contribution in [0.5, 0.6) is 11.5 Å². The van der Waals surface area contributed by atoms with Gasteiger partial charge < -0.3 is 34.5 Å². The lowest BCUT2D eigenvalue weighted by molar-refractivity contribution is -0.308. The quantitative estimate of drug-likeness (QED) is 0.345. The summed E-state index contributed by atoms with van der Waals surface area (Å²) in [6.07, 6.45) is 3.79. The molecule has 1 aliphatic rings. The number of phenolic OH excluding ortho intramolecular Hbond substituents is 1. The van der Waals surface area contributed by atoms with Gasteiger partial charge in [-0.25, -0.2) is 4.79 Å². The molecule has 1 amide bonds. The third kappa shape index (κ3) is 4.32. The van der Waals surface area contributed by atoms with E-state index in [1.807, 2.05) is 6.92 Å². The average Bonchev–Trinajstić information content (AvgIpc) is 3.44. The number of nitrogens with one attached hydrogen (secondary N) is 2. The van der Waals surface area contributed by atoms with E-state index in [1.54, 1.807) is 24.4 Å². The Morgan fingerprint density at radius 2 is 2.03 bits per heavy atom. The van der Waals surface area contributed by atoms with Gasteiger partial charge in [0, 0.05) is 29.1 Å². The van der Waals surface area contributed by atoms with Gasteiger partial charge in [-0.2, -0.15) is 0 Å². The SMILES string of the molecule is Cc1cc(OCC(=O)N[C@@H](Cc2c[nH]c3ccc(O)cc23)C(=O)[O-])c2c3c(c(=O)oc2c1)CCC3. The predicted octanol–water partition coefficient (Wildman–Crippen LogP) is 1.63. The number of fused-ring (bicyclic) bond motifs is 4. The van der Waals surface area contributed by atoms with E-state index >= 15 is 0 Å². The van der Waals surface area contributed by atoms with Gasteiger partial charge in [-0.15, -0.1) is 0 Å². The summed E-state index contributed by atoms with van der Waals surface area (Å²) in [4.78, 5) is 39.7. The molecule has 35 heavy (non-hydrogen) atoms. The number of amides is 1. The fraction of sp³-hybridized carbons (Fsp3) is 0.269. The maximum absolute atomic E-state index is 12.6. The lowest BCUT2D eigenvalue weighted by Crippen LogP contribution is -2.50. The van der Waals surface area contributed by atoms with Crippen molar-refractivity contribution in [3.05, 3.63) is 69.2 Å². The number of aliphatic carboxylic acids is 1. The summed E-state index contributed by atoms with van der Waals surface area (Å²) >= 11 is 0. The molecule has 0 saturated carbocycles. The molecule has 0 unspecified atom stereocenters. The molecule has 0 radical (unpaired) electrons. The number of carboxylic acid groups (broad SMARTS) is 1. The van der Waals surface area contributed by atoms with Crippen LogP contribution in [0.1, 0.15) is 28.7 Å². The number of ether oxygens (including phenoxy) is 1. The van der Waals surface area contributed by atoms with Crippen molar-refractivity contribution in [2.24, 2.45) is 0 Å². The monoisotopic (exact) mass is 475 g/mol. The maximum atomic E-state index is 12.6. The summed E-state index contributed by atoms with van der Waals surface area (Å²) < 4.78 is 11.3. The Kier molecular flexibility index (Phi) is 5.68. The fourth-order valence-corrected chi connectivity index (χ4v) is 4.75. The Morgan fingerprint density at radius 3 is 2.83 bits per heavy atom. The molecule has 2 aromatic carbocycles. The molecule has 9 nitrogen and oxygen atoms in total. The number of rotatable bonds is 7. The first kappa shape index (κ1) is 22.5. The summed E-state index contributed by atoms with van der Waals surface area (Å²) in [6.45, 7) is 1.40. The highest BCUT2D eigenvalue weighted by Gasteiger charge is 2.23. The van der Waals surface area contributed by atoms with Gasteiger partial charge >= 0.3 is 5.63 Å². The van der Waals surface area contributed by atoms with E-state index in [-0.39, 0.29) is 17.8 Å². The molecular formula is C26H23N2O7-. The molecule has 0 spiro atoms. The Morgan fingerprint density at radius 1 is 1.23 bits per heavy atom. The summed E-state index contributed by atoms with van der Waals surface area (Å²) in [5.41, 5.74) is 3.71. The maximum Gasteiger partial charge on any atom is 0.339 e. The summed E-state index contributed by atoms with van der Waals surface area (Å²) in [5.74, 6) is -1.61. The molecule has 2 heterocycles. The first-order valence-electron chi connectivity index (χ1n) is 11.3. The van der Waals surface area contributed by atoms with Crippen LogP contribution in [0.15, 0.2) is 45.7 Å². The Balaban J connectivity index is 1.34. The van der Waals surface area contributed by atoms with E-state index in [1.165, 1.54) is 12.1 Å². The van der Waals surface area contributed by atoms with Gasteiger partial charge in [0.2, 0.25) is 0 Å². The molecule has 0 aliphatic heterocycles. The lowest BCUT2D eigenvalue weighted by atomic mass is 10.0. The molecule has 0 fully saturated rings. The molecule has 0 bridgehead atoms. The number of H-pyrrole nitrogens is 1. The smallest absolute Gasteiger partial charge is 0.339 e. The van der Waals surface area contributed by atoms with E-state index in [0.717, 1.165) is 29.5 Å². The van der Waals surface area contributed by atoms with Crippen molar-refractivity contribution in [2.45, 2.75) is 38.6 Å². The summed E-state index contributed by atoms with van der Waals surface area (Å²) in [7, 11) is 0. The van der Waals surface area contributed by atoms with Gasteiger partial charge in [-0.1, -0.05) is 0 Å². The minimum atomic E-state index is -1.44. The fourth-order valence-electron chi connectivity index (χ4n) is 4.75. The van der Waals surface area contributed by atoms with E-state index in [2.05, 4.69) is 10.3 Å². The molecule has 5 rings (SSSR count). The molecule has 0 saturated heterocycles. The third-order valence-electron chi connectivity index (χ3n) is 6.33. The van der Waals surface area contributed by atoms with Gasteiger partial charge in [0.25, 0.3) is 5.91 Å². The normalized spacial score (nSPS) is 13.6. The Labute approximate surface area is 199 Å². The van der Waals surface area contributed by atoms with E-state index in [0.29, 0.717) is 39.7 Å². The van der Waals surface area contributed by atoms with Crippen molar-refractivity contribution in [2.75, 3.05) is 6.61 Å². The number of carbonyl (C=O) groups excluding carboxylic acids is 2. The van der Waals surface area contributed by atoms with Crippen LogP contribution in [0, 0.1) is 6.92 Å². The Hall–Kier alpha value is -4.27. The number of aromatic hydroxyl groups is 1. The van der Waals surface area contributed by atoms with Crippen molar-refractivity contribution in [1.82, 2.24) is 10.3 Å². The number of carboxylic acids is 1. The number of hydrogen-bond acceptors (Lipinski definition) is 7. The number of aryl methyl sites for hydroxylation is 2. The highest BCUT2D eigenvalue weighted by molar-refractivity contribution is 5.90. The zero-order valence-electron chi connectivity index (χ0n) is 19.0. The van der Waals surface area contributed by atoms with Gasteiger partial charge in [0.1, 0.15) is 17.1 Å². The molecule has 1 atom stereocenters. The molecule has 3 N–H and O–H groups in total. The number of aromatic amines is 1. The molecule has 180 valence electrons. The van der Waals surface area contributed by atoms with Crippen LogP contribution in [0.3, 0.4) is 0 Å². The van der Waals surface area contributed by atoms with Gasteiger partial charge in [0.05, 0.1) is 17.4 Å². The summed E-state index contributed by atoms with van der Waals surface area (Å²) in [6, 6.07) is 6.95. The van der Waals surface area contributed by atoms with Crippen LogP contribution in [-0.2, 0) is 28.9 Å². The van der Waals surface area contributed by atoms with Crippen LogP contribution in [-0.4, -0.2) is 34.6 Å². The minimum Gasteiger partial charge on any atom is -0.548 e. The van der Waals surface area contributed by atoms with Crippen molar-refractivity contribution in [1.29, 1.82) is 0 Å². The predicted molar refractivity (Wildman–Crippen MR) is 125 cm³/mol. The number of aromatic nitrogens is 1. The standard InChI is InChI=1S/C26H24N2O7/c1-13-7-21(24-16-3-2-4-17(16)26(33)35-22(24)8-13)34-12-23(30)28-20(25(31)32)9-14-11-27-19-6-5-15(29)10-18(14)19/h5-8,10-11,20,27,29H,2-4,9,12H2,1H3,(H,28,30)(H,31,32)/p-1/t20-/m0/s1. The van der Waals surface area contributed by atoms with Crippen molar-refractivity contribution < 1.29 is 29.0 Å². The highest BCUT2D eigenvalue weighted by Crippen LogP contribution is 2.35. The number of benzene rings is 2. The number of phenols is 1. The minimum absolute atomic E-state index is 0.0381. The molecule has 1 aliphatic carbocycles. The third-order valence-corrected chi connectivity index (χ3v) is 6.33. The largest absolute Gasteiger partial charge is 0.548 e. The van der Waals surface area contributed by atoms with Crippen molar-refractivity contribution in [3.63, 3.8) is 0 Å². The van der Waals surface area contributed by atoms with Crippen LogP contribution in [0.25, 0.3) is 21.9 Å². The topological polar surface area (TPSA) is 145 Å². The molecular weight excluding hydrogens is 452 g/mol. The van der Waals surface area contributed by atoms with Gasteiger partial charge in [0.15, 0.2) is 6.61 Å². The zero-order valence-corrected chi connectivity index (χ0v) is 19.0.